The minimum atomic E-state index is -5.77. The van der Waals surface area contributed by atoms with Crippen molar-refractivity contribution in [3.05, 3.63) is 24.3 Å². The number of alkyl halides is 9. The van der Waals surface area contributed by atoms with Crippen molar-refractivity contribution in [3.8, 4) is 5.75 Å². The van der Waals surface area contributed by atoms with E-state index >= 15 is 0 Å². The molecule has 16 heteroatoms. The molecule has 0 unspecified atom stereocenters. The van der Waals surface area contributed by atoms with Crippen LogP contribution >= 0.6 is 0 Å². The van der Waals surface area contributed by atoms with Crippen molar-refractivity contribution in [2.75, 3.05) is 51.3 Å². The molecule has 1 aromatic rings. The number of piperazine rings is 1. The number of ketones is 2. The molecule has 212 valence electrons. The molecule has 0 aromatic heterocycles. The highest BCUT2D eigenvalue weighted by Crippen LogP contribution is 2.28. The largest absolute Gasteiger partial charge is 0.495 e. The third-order valence-electron chi connectivity index (χ3n) is 4.58. The van der Waals surface area contributed by atoms with Crippen molar-refractivity contribution in [2.45, 2.75) is 31.4 Å². The summed E-state index contributed by atoms with van der Waals surface area (Å²) in [6, 6.07) is 8.27. The summed E-state index contributed by atoms with van der Waals surface area (Å²) in [4.78, 5) is 32.9. The van der Waals surface area contributed by atoms with Crippen molar-refractivity contribution in [3.63, 3.8) is 0 Å². The zero-order valence-electron chi connectivity index (χ0n) is 19.6. The lowest BCUT2D eigenvalue weighted by atomic mass is 10.2. The molecule has 0 bridgehead atoms. The fourth-order valence-electron chi connectivity index (χ4n) is 2.84. The summed E-state index contributed by atoms with van der Waals surface area (Å²) in [5.41, 5.74) is 6.75. The summed E-state index contributed by atoms with van der Waals surface area (Å²) >= 11 is 0. The minimum Gasteiger partial charge on any atom is -0.495 e. The Kier molecular flexibility index (Phi) is 14.2. The third-order valence-corrected chi connectivity index (χ3v) is 4.58. The van der Waals surface area contributed by atoms with Crippen LogP contribution in [0.15, 0.2) is 24.3 Å². The van der Waals surface area contributed by atoms with E-state index in [0.29, 0.717) is 0 Å². The number of Topliss-reactive ketones (excluding diaryl/α,β-unsaturated/α-hetero) is 2. The second-order valence-electron chi connectivity index (χ2n) is 7.31. The number of unbranched alkanes of at least 4 members (excludes halogenated alkanes) is 1. The number of nitrogens with two attached hydrogens (primary N) is 1. The van der Waals surface area contributed by atoms with Gasteiger partial charge in [-0.15, -0.1) is 0 Å². The van der Waals surface area contributed by atoms with Crippen LogP contribution in [0.1, 0.15) is 12.8 Å². The number of nitrogens with zero attached hydrogens (tertiary/aromatic N) is 2. The average molecular weight is 555 g/mol. The lowest BCUT2D eigenvalue weighted by molar-refractivity contribution is -0.193. The van der Waals surface area contributed by atoms with Crippen LogP contribution in [0.3, 0.4) is 0 Å². The molecule has 1 saturated heterocycles. The highest BCUT2D eigenvalue weighted by Gasteiger charge is 2.54. The van der Waals surface area contributed by atoms with Gasteiger partial charge in [0.05, 0.1) is 12.8 Å². The number of carbonyl (C=O) groups excluding carboxylic acids is 3. The Hall–Kier alpha value is -2.88. The number of benzene rings is 1. The van der Waals surface area contributed by atoms with E-state index in [9.17, 15) is 49.1 Å². The van der Waals surface area contributed by atoms with Gasteiger partial charge >= 0.3 is 30.1 Å². The zero-order chi connectivity index (χ0) is 28.9. The van der Waals surface area contributed by atoms with Crippen molar-refractivity contribution >= 4 is 23.5 Å². The minimum absolute atomic E-state index is 0.807. The number of hydrogen-bond acceptors (Lipinski definition) is 7. The smallest absolute Gasteiger partial charge is 0.458 e. The van der Waals surface area contributed by atoms with Gasteiger partial charge in [0.2, 0.25) is 6.29 Å². The van der Waals surface area contributed by atoms with Crippen LogP contribution in [-0.4, -0.2) is 87.7 Å². The Balaban J connectivity index is 0.000000616. The Labute approximate surface area is 206 Å². The molecular weight excluding hydrogens is 529 g/mol. The number of aldehydes is 1. The first-order valence-electron chi connectivity index (χ1n) is 10.5. The first kappa shape index (κ1) is 34.1. The molecule has 1 aliphatic rings. The fraction of sp³-hybridized carbons (Fsp3) is 0.571. The lowest BCUT2D eigenvalue weighted by Gasteiger charge is -2.36. The molecule has 0 aliphatic carbocycles. The second-order valence-corrected chi connectivity index (χ2v) is 7.31. The van der Waals surface area contributed by atoms with Gasteiger partial charge in [0, 0.05) is 26.2 Å². The Morgan fingerprint density at radius 1 is 0.892 bits per heavy atom. The number of rotatable bonds is 7. The highest BCUT2D eigenvalue weighted by molar-refractivity contribution is 6.41. The zero-order valence-corrected chi connectivity index (χ0v) is 19.6. The molecular formula is C21H26F9N3O4. The Morgan fingerprint density at radius 2 is 1.35 bits per heavy atom. The number of carbonyl (C=O) groups is 3. The summed E-state index contributed by atoms with van der Waals surface area (Å²) in [5.74, 6) is -5.84. The molecule has 2 rings (SSSR count). The molecule has 2 N–H and O–H groups in total. The van der Waals surface area contributed by atoms with Gasteiger partial charge in [-0.05, 0) is 38.1 Å². The van der Waals surface area contributed by atoms with Gasteiger partial charge in [0.15, 0.2) is 0 Å². The van der Waals surface area contributed by atoms with Crippen molar-refractivity contribution in [1.29, 1.82) is 0 Å². The molecule has 0 spiro atoms. The summed E-state index contributed by atoms with van der Waals surface area (Å²) in [5, 5.41) is 0. The summed E-state index contributed by atoms with van der Waals surface area (Å²) in [7, 11) is 1.74. The van der Waals surface area contributed by atoms with Gasteiger partial charge < -0.3 is 15.4 Å². The average Bonchev–Trinajstić information content (AvgIpc) is 2.83. The highest BCUT2D eigenvalue weighted by atomic mass is 19.4. The maximum Gasteiger partial charge on any atom is 0.458 e. The van der Waals surface area contributed by atoms with E-state index in [0.717, 1.165) is 44.9 Å². The summed E-state index contributed by atoms with van der Waals surface area (Å²) in [6.07, 6.45) is -14.9. The normalized spacial score (nSPS) is 14.5. The van der Waals surface area contributed by atoms with Crippen LogP contribution in [0.5, 0.6) is 5.75 Å². The van der Waals surface area contributed by atoms with Crippen LogP contribution in [-0.2, 0) is 14.4 Å². The fourth-order valence-corrected chi connectivity index (χ4v) is 2.84. The molecule has 7 nitrogen and oxygen atoms in total. The SMILES string of the molecule is COc1ccccc1N1CCN(CCCCN)CC1.O=C(C(=O)C(F)(F)F)C(F)(F)F.O=CC(F)(F)F. The molecule has 0 radical (unpaired) electrons. The molecule has 1 aliphatic heterocycles. The number of anilines is 1. The van der Waals surface area contributed by atoms with Crippen molar-refractivity contribution in [1.82, 2.24) is 4.90 Å². The maximum absolute atomic E-state index is 11.2. The van der Waals surface area contributed by atoms with Crippen LogP contribution in [0.2, 0.25) is 0 Å². The van der Waals surface area contributed by atoms with Gasteiger partial charge in [0.1, 0.15) is 5.75 Å². The topological polar surface area (TPSA) is 92.9 Å². The molecule has 0 saturated carbocycles. The monoisotopic (exact) mass is 555 g/mol. The van der Waals surface area contributed by atoms with Crippen LogP contribution < -0.4 is 15.4 Å². The van der Waals surface area contributed by atoms with E-state index in [1.54, 1.807) is 7.11 Å². The molecule has 0 amide bonds. The van der Waals surface area contributed by atoms with E-state index in [2.05, 4.69) is 21.9 Å². The Morgan fingerprint density at radius 3 is 1.73 bits per heavy atom. The molecule has 1 heterocycles. The van der Waals surface area contributed by atoms with Gasteiger partial charge in [-0.3, -0.25) is 19.3 Å². The molecule has 37 heavy (non-hydrogen) atoms. The van der Waals surface area contributed by atoms with Crippen molar-refractivity contribution < 1.29 is 58.6 Å². The second kappa shape index (κ2) is 15.4. The predicted molar refractivity (Wildman–Crippen MR) is 114 cm³/mol. The van der Waals surface area contributed by atoms with Gasteiger partial charge in [-0.2, -0.15) is 39.5 Å². The van der Waals surface area contributed by atoms with E-state index < -0.39 is 36.4 Å². The van der Waals surface area contributed by atoms with E-state index in [1.807, 2.05) is 12.1 Å². The number of para-hydroxylation sites is 2. The first-order chi connectivity index (χ1) is 17.0. The van der Waals surface area contributed by atoms with Crippen LogP contribution in [0, 0.1) is 0 Å². The molecule has 1 fully saturated rings. The van der Waals surface area contributed by atoms with Gasteiger partial charge in [0.25, 0.3) is 0 Å². The summed E-state index contributed by atoms with van der Waals surface area (Å²) in [6.45, 7) is 6.38. The predicted octanol–water partition coefficient (Wildman–Crippen LogP) is 3.55. The van der Waals surface area contributed by atoms with Crippen LogP contribution in [0.4, 0.5) is 45.2 Å². The molecule has 1 aromatic carbocycles. The summed E-state index contributed by atoms with van der Waals surface area (Å²) < 4.78 is 104. The van der Waals surface area contributed by atoms with E-state index in [-0.39, 0.29) is 0 Å². The lowest BCUT2D eigenvalue weighted by Crippen LogP contribution is -2.46. The van der Waals surface area contributed by atoms with Gasteiger partial charge in [-0.1, -0.05) is 12.1 Å². The number of ether oxygens (including phenoxy) is 1. The number of halogens is 9. The molecule has 0 atom stereocenters. The number of methoxy groups -OCH3 is 1. The number of hydrogen-bond donors (Lipinski definition) is 1. The van der Waals surface area contributed by atoms with E-state index in [1.165, 1.54) is 18.7 Å². The Bertz CT molecular complexity index is 827. The van der Waals surface area contributed by atoms with Gasteiger partial charge in [-0.25, -0.2) is 0 Å². The van der Waals surface area contributed by atoms with E-state index in [4.69, 9.17) is 15.3 Å². The van der Waals surface area contributed by atoms with Crippen LogP contribution in [0.25, 0.3) is 0 Å². The quantitative estimate of drug-likeness (QED) is 0.238. The maximum atomic E-state index is 11.2. The standard InChI is InChI=1S/C15H25N3O.C4F6O2.C2HF3O/c1-19-15-7-3-2-6-14(15)18-12-10-17(11-13-18)9-5-4-8-16;5-3(6,7)1(11)2(12)4(8,9)10;3-2(4,5)1-6/h2-3,6-7H,4-5,8-13,16H2,1H3;;1H. The van der Waals surface area contributed by atoms with Crippen molar-refractivity contribution in [2.24, 2.45) is 5.73 Å². The first-order valence-corrected chi connectivity index (χ1v) is 10.5. The third kappa shape index (κ3) is 13.9.